The highest BCUT2D eigenvalue weighted by Gasteiger charge is 2.32. The van der Waals surface area contributed by atoms with Crippen LogP contribution >= 0.6 is 35.7 Å². The lowest BCUT2D eigenvalue weighted by Gasteiger charge is -2.13. The molecule has 6 nitrogen and oxygen atoms in total. The second-order valence-electron chi connectivity index (χ2n) is 8.21. The van der Waals surface area contributed by atoms with Crippen LogP contribution in [0.2, 0.25) is 0 Å². The lowest BCUT2D eigenvalue weighted by molar-refractivity contribution is -0.137. The zero-order valence-electron chi connectivity index (χ0n) is 19.9. The first kappa shape index (κ1) is 26.2. The first-order valence-corrected chi connectivity index (χ1v) is 14.0. The van der Waals surface area contributed by atoms with Gasteiger partial charge in [-0.2, -0.15) is 5.10 Å². The molecule has 2 aromatic carbocycles. The fourth-order valence-electron chi connectivity index (χ4n) is 3.86. The van der Waals surface area contributed by atoms with Crippen LogP contribution in [0.4, 0.5) is 0 Å². The lowest BCUT2D eigenvalue weighted by Crippen LogP contribution is -2.29. The number of carboxylic acid groups (broad SMARTS) is 1. The van der Waals surface area contributed by atoms with Gasteiger partial charge in [-0.3, -0.25) is 14.5 Å². The minimum Gasteiger partial charge on any atom is -0.481 e. The summed E-state index contributed by atoms with van der Waals surface area (Å²) in [4.78, 5) is 27.2. The monoisotopic (exact) mass is 537 g/mol. The Labute approximate surface area is 224 Å². The van der Waals surface area contributed by atoms with E-state index in [4.69, 9.17) is 22.4 Å². The first-order chi connectivity index (χ1) is 17.5. The normalized spacial score (nSPS) is 14.7. The predicted octanol–water partition coefficient (Wildman–Crippen LogP) is 6.50. The van der Waals surface area contributed by atoms with Gasteiger partial charge in [0, 0.05) is 35.2 Å². The third kappa shape index (κ3) is 6.46. The number of thiocarbonyl (C=S) groups is 1. The molecule has 0 saturated carbocycles. The minimum atomic E-state index is -0.797. The van der Waals surface area contributed by atoms with Crippen LogP contribution in [-0.4, -0.2) is 48.3 Å². The molecule has 0 spiro atoms. The average molecular weight is 538 g/mol. The van der Waals surface area contributed by atoms with Gasteiger partial charge in [0.2, 0.25) is 0 Å². The summed E-state index contributed by atoms with van der Waals surface area (Å²) >= 11 is 8.57. The summed E-state index contributed by atoms with van der Waals surface area (Å²) in [6, 6.07) is 18.2. The number of thioether (sulfide) groups is 2. The number of rotatable bonds is 11. The highest BCUT2D eigenvalue weighted by atomic mass is 32.2. The number of hydrogen-bond acceptors (Lipinski definition) is 6. The average Bonchev–Trinajstić information content (AvgIpc) is 3.41. The van der Waals surface area contributed by atoms with Gasteiger partial charge in [-0.1, -0.05) is 67.7 Å². The molecule has 3 aromatic rings. The molecule has 1 aliphatic heterocycles. The molecular weight excluding hydrogens is 511 g/mol. The Kier molecular flexibility index (Phi) is 9.01. The maximum Gasteiger partial charge on any atom is 0.303 e. The second kappa shape index (κ2) is 12.4. The van der Waals surface area contributed by atoms with Crippen molar-refractivity contribution in [2.24, 2.45) is 0 Å². The number of aliphatic carboxylic acids is 1. The van der Waals surface area contributed by atoms with Gasteiger partial charge in [0.15, 0.2) is 0 Å². The number of unbranched alkanes of at least 4 members (excludes halogenated alkanes) is 2. The number of carbonyl (C=O) groups is 2. The van der Waals surface area contributed by atoms with Gasteiger partial charge in [0.05, 0.1) is 16.3 Å². The molecule has 1 amide bonds. The Morgan fingerprint density at radius 1 is 1.11 bits per heavy atom. The molecule has 0 unspecified atom stereocenters. The minimum absolute atomic E-state index is 0.115. The summed E-state index contributed by atoms with van der Waals surface area (Å²) in [5.74, 6) is 0.0970. The van der Waals surface area contributed by atoms with Gasteiger partial charge in [-0.25, -0.2) is 4.68 Å². The molecule has 0 aliphatic carbocycles. The van der Waals surface area contributed by atoms with Crippen molar-refractivity contribution in [2.45, 2.75) is 37.5 Å². The van der Waals surface area contributed by atoms with Gasteiger partial charge in [-0.15, -0.1) is 11.8 Å². The molecule has 1 aliphatic rings. The lowest BCUT2D eigenvalue weighted by atomic mass is 10.1. The highest BCUT2D eigenvalue weighted by molar-refractivity contribution is 8.26. The Hall–Kier alpha value is -2.88. The summed E-state index contributed by atoms with van der Waals surface area (Å²) in [6.07, 6.45) is 6.01. The largest absolute Gasteiger partial charge is 0.481 e. The van der Waals surface area contributed by atoms with E-state index in [2.05, 4.69) is 31.2 Å². The van der Waals surface area contributed by atoms with Crippen LogP contribution in [0.3, 0.4) is 0 Å². The van der Waals surface area contributed by atoms with Gasteiger partial charge >= 0.3 is 5.97 Å². The topological polar surface area (TPSA) is 75.4 Å². The van der Waals surface area contributed by atoms with E-state index < -0.39 is 5.97 Å². The smallest absolute Gasteiger partial charge is 0.303 e. The number of amides is 1. The number of aromatic nitrogens is 2. The number of hydrogen-bond donors (Lipinski definition) is 1. The molecule has 2 heterocycles. The molecule has 186 valence electrons. The highest BCUT2D eigenvalue weighted by Crippen LogP contribution is 2.35. The van der Waals surface area contributed by atoms with E-state index in [1.165, 1.54) is 16.7 Å². The van der Waals surface area contributed by atoms with E-state index in [-0.39, 0.29) is 12.3 Å². The van der Waals surface area contributed by atoms with Crippen LogP contribution in [0, 0.1) is 0 Å². The molecule has 36 heavy (non-hydrogen) atoms. The molecule has 0 bridgehead atoms. The van der Waals surface area contributed by atoms with Crippen LogP contribution in [0.15, 0.2) is 70.6 Å². The molecule has 1 fully saturated rings. The van der Waals surface area contributed by atoms with E-state index in [0.717, 1.165) is 34.7 Å². The van der Waals surface area contributed by atoms with Crippen molar-refractivity contribution >= 4 is 58.0 Å². The van der Waals surface area contributed by atoms with Crippen molar-refractivity contribution in [1.29, 1.82) is 0 Å². The molecule has 0 radical (unpaired) electrons. The third-order valence-electron chi connectivity index (χ3n) is 5.63. The Bertz CT molecular complexity index is 1270. The van der Waals surface area contributed by atoms with Crippen LogP contribution in [0.25, 0.3) is 23.0 Å². The summed E-state index contributed by atoms with van der Waals surface area (Å²) in [5, 5.41) is 13.7. The Morgan fingerprint density at radius 3 is 2.56 bits per heavy atom. The van der Waals surface area contributed by atoms with Crippen molar-refractivity contribution in [1.82, 2.24) is 14.7 Å². The van der Waals surface area contributed by atoms with Crippen LogP contribution in [0.5, 0.6) is 0 Å². The Balaban J connectivity index is 1.59. The van der Waals surface area contributed by atoms with Crippen molar-refractivity contribution in [2.75, 3.05) is 12.3 Å². The third-order valence-corrected chi connectivity index (χ3v) is 7.91. The van der Waals surface area contributed by atoms with E-state index in [1.807, 2.05) is 47.3 Å². The number of para-hydroxylation sites is 1. The number of nitrogens with zero attached hydrogens (tertiary/aromatic N) is 3. The molecule has 1 N–H and O–H groups in total. The van der Waals surface area contributed by atoms with E-state index >= 15 is 0 Å². The van der Waals surface area contributed by atoms with E-state index in [9.17, 15) is 9.59 Å². The van der Waals surface area contributed by atoms with E-state index in [1.54, 1.807) is 16.7 Å². The van der Waals surface area contributed by atoms with Gasteiger partial charge in [-0.05, 0) is 48.9 Å². The second-order valence-corrected chi connectivity index (χ2v) is 11.2. The van der Waals surface area contributed by atoms with Crippen molar-refractivity contribution in [3.05, 3.63) is 71.3 Å². The summed E-state index contributed by atoms with van der Waals surface area (Å²) in [7, 11) is 0. The first-order valence-electron chi connectivity index (χ1n) is 11.8. The maximum absolute atomic E-state index is 13.2. The fourth-order valence-corrected chi connectivity index (χ4v) is 5.82. The molecule has 1 aromatic heterocycles. The molecule has 9 heteroatoms. The molecular formula is C27H27N3O3S3. The van der Waals surface area contributed by atoms with E-state index in [0.29, 0.717) is 28.6 Å². The summed E-state index contributed by atoms with van der Waals surface area (Å²) < 4.78 is 2.36. The summed E-state index contributed by atoms with van der Waals surface area (Å²) in [6.45, 7) is 2.62. The molecule has 4 rings (SSSR count). The van der Waals surface area contributed by atoms with Crippen LogP contribution < -0.4 is 0 Å². The number of carboxylic acids is 1. The number of benzene rings is 2. The Morgan fingerprint density at radius 2 is 1.86 bits per heavy atom. The van der Waals surface area contributed by atoms with Crippen LogP contribution in [0.1, 0.15) is 38.2 Å². The van der Waals surface area contributed by atoms with Gasteiger partial charge in [0.25, 0.3) is 5.91 Å². The van der Waals surface area contributed by atoms with Crippen molar-refractivity contribution in [3.8, 4) is 16.9 Å². The standard InChI is InChI=1S/C27H27N3O3S3/c1-2-35-22-14-12-19(13-15-22)25-20(18-30(28-25)21-9-5-3-6-10-21)17-23-26(33)29(27(34)36-23)16-8-4-7-11-24(31)32/h3,5-6,9-10,12-15,17-18H,2,4,7-8,11,16H2,1H3,(H,31,32). The van der Waals surface area contributed by atoms with Crippen LogP contribution in [-0.2, 0) is 9.59 Å². The summed E-state index contributed by atoms with van der Waals surface area (Å²) in [5.41, 5.74) is 3.55. The zero-order valence-corrected chi connectivity index (χ0v) is 22.4. The maximum atomic E-state index is 13.2. The van der Waals surface area contributed by atoms with Gasteiger partial charge < -0.3 is 5.11 Å². The van der Waals surface area contributed by atoms with Crippen molar-refractivity contribution < 1.29 is 14.7 Å². The molecule has 1 saturated heterocycles. The molecule has 0 atom stereocenters. The predicted molar refractivity (Wildman–Crippen MR) is 151 cm³/mol. The van der Waals surface area contributed by atoms with Gasteiger partial charge in [0.1, 0.15) is 4.32 Å². The SMILES string of the molecule is CCSc1ccc(-c2nn(-c3ccccc3)cc2C=C2SC(=S)N(CCCCCC(=O)O)C2=O)cc1. The van der Waals surface area contributed by atoms with Crippen molar-refractivity contribution in [3.63, 3.8) is 0 Å². The quantitative estimate of drug-likeness (QED) is 0.130. The number of carbonyl (C=O) groups excluding carboxylic acids is 1. The fraction of sp³-hybridized carbons (Fsp3) is 0.259. The zero-order chi connectivity index (χ0) is 25.5.